The van der Waals surface area contributed by atoms with Gasteiger partial charge in [0.05, 0.1) is 6.04 Å². The van der Waals surface area contributed by atoms with Crippen LogP contribution in [0.4, 0.5) is 8.78 Å². The first-order valence-corrected chi connectivity index (χ1v) is 6.23. The Balaban J connectivity index is 2.54. The number of halogens is 2. The van der Waals surface area contributed by atoms with Gasteiger partial charge in [0.25, 0.3) is 0 Å². The van der Waals surface area contributed by atoms with Gasteiger partial charge >= 0.3 is 0 Å². The lowest BCUT2D eigenvalue weighted by Crippen LogP contribution is -2.21. The lowest BCUT2D eigenvalue weighted by Gasteiger charge is -2.19. The summed E-state index contributed by atoms with van der Waals surface area (Å²) in [7, 11) is 1.70. The molecule has 0 aliphatic heterocycles. The van der Waals surface area contributed by atoms with Crippen LogP contribution in [0.5, 0.6) is 0 Å². The molecule has 0 fully saturated rings. The number of rotatable bonds is 3. The van der Waals surface area contributed by atoms with Crippen LogP contribution in [0.2, 0.25) is 0 Å². The molecule has 0 radical (unpaired) electrons. The third-order valence-electron chi connectivity index (χ3n) is 3.31. The molecule has 1 atom stereocenters. The van der Waals surface area contributed by atoms with Crippen molar-refractivity contribution in [1.29, 1.82) is 0 Å². The van der Waals surface area contributed by atoms with Gasteiger partial charge in [0.15, 0.2) is 0 Å². The van der Waals surface area contributed by atoms with Crippen LogP contribution in [-0.2, 0) is 0 Å². The van der Waals surface area contributed by atoms with Crippen LogP contribution >= 0.6 is 0 Å². The first-order valence-electron chi connectivity index (χ1n) is 6.23. The molecule has 100 valence electrons. The Labute approximate surface area is 112 Å². The van der Waals surface area contributed by atoms with E-state index in [0.29, 0.717) is 5.56 Å². The number of hydrogen-bond acceptors (Lipinski definition) is 1. The van der Waals surface area contributed by atoms with Gasteiger partial charge in [0.2, 0.25) is 0 Å². The molecule has 0 saturated heterocycles. The standard InChI is InChI=1S/C16H17F2N/c1-10-4-7-12(8-5-10)16(19-3)14-13(17)9-6-11(2)15(14)18/h4-9,16,19H,1-3H3. The molecular formula is C16H17F2N. The van der Waals surface area contributed by atoms with Crippen molar-refractivity contribution in [2.45, 2.75) is 19.9 Å². The van der Waals surface area contributed by atoms with Crippen molar-refractivity contribution in [3.8, 4) is 0 Å². The first kappa shape index (κ1) is 13.7. The predicted molar refractivity (Wildman–Crippen MR) is 73.2 cm³/mol. The highest BCUT2D eigenvalue weighted by atomic mass is 19.1. The molecule has 0 spiro atoms. The van der Waals surface area contributed by atoms with Crippen LogP contribution in [0, 0.1) is 25.5 Å². The van der Waals surface area contributed by atoms with Gasteiger partial charge in [-0.15, -0.1) is 0 Å². The summed E-state index contributed by atoms with van der Waals surface area (Å²) < 4.78 is 28.1. The normalized spacial score (nSPS) is 12.5. The van der Waals surface area contributed by atoms with Crippen molar-refractivity contribution >= 4 is 0 Å². The molecule has 0 aromatic heterocycles. The summed E-state index contributed by atoms with van der Waals surface area (Å²) in [5, 5.41) is 2.98. The number of benzene rings is 2. The molecule has 1 nitrogen and oxygen atoms in total. The Morgan fingerprint density at radius 3 is 2.16 bits per heavy atom. The van der Waals surface area contributed by atoms with Crippen LogP contribution in [0.15, 0.2) is 36.4 Å². The second kappa shape index (κ2) is 5.49. The first-order chi connectivity index (χ1) is 9.04. The number of nitrogens with one attached hydrogen (secondary N) is 1. The van der Waals surface area contributed by atoms with Crippen molar-refractivity contribution in [3.05, 3.63) is 70.3 Å². The molecule has 0 aliphatic carbocycles. The topological polar surface area (TPSA) is 12.0 Å². The van der Waals surface area contributed by atoms with Crippen molar-refractivity contribution < 1.29 is 8.78 Å². The summed E-state index contributed by atoms with van der Waals surface area (Å²) in [5.41, 5.74) is 2.48. The van der Waals surface area contributed by atoms with Crippen LogP contribution in [0.3, 0.4) is 0 Å². The molecule has 0 amide bonds. The summed E-state index contributed by atoms with van der Waals surface area (Å²) in [6.07, 6.45) is 0. The lowest BCUT2D eigenvalue weighted by molar-refractivity contribution is 0.517. The summed E-state index contributed by atoms with van der Waals surface area (Å²) in [6, 6.07) is 9.93. The maximum atomic E-state index is 14.2. The van der Waals surface area contributed by atoms with E-state index in [2.05, 4.69) is 5.32 Å². The highest BCUT2D eigenvalue weighted by Crippen LogP contribution is 2.28. The van der Waals surface area contributed by atoms with E-state index in [9.17, 15) is 8.78 Å². The third kappa shape index (κ3) is 2.66. The summed E-state index contributed by atoms with van der Waals surface area (Å²) in [4.78, 5) is 0. The van der Waals surface area contributed by atoms with Gasteiger partial charge in [-0.1, -0.05) is 35.9 Å². The fraction of sp³-hybridized carbons (Fsp3) is 0.250. The molecule has 1 N–H and O–H groups in total. The number of hydrogen-bond donors (Lipinski definition) is 1. The summed E-state index contributed by atoms with van der Waals surface area (Å²) >= 11 is 0. The molecule has 0 aliphatic rings. The monoisotopic (exact) mass is 261 g/mol. The molecule has 2 rings (SSSR count). The van der Waals surface area contributed by atoms with Gasteiger partial charge in [0.1, 0.15) is 11.6 Å². The second-order valence-electron chi connectivity index (χ2n) is 4.72. The van der Waals surface area contributed by atoms with E-state index in [1.54, 1.807) is 14.0 Å². The second-order valence-corrected chi connectivity index (χ2v) is 4.72. The average molecular weight is 261 g/mol. The van der Waals surface area contributed by atoms with E-state index in [1.807, 2.05) is 31.2 Å². The Hall–Kier alpha value is -1.74. The summed E-state index contributed by atoms with van der Waals surface area (Å²) in [5.74, 6) is -1.01. The highest BCUT2D eigenvalue weighted by Gasteiger charge is 2.21. The van der Waals surface area contributed by atoms with Crippen LogP contribution in [-0.4, -0.2) is 7.05 Å². The Morgan fingerprint density at radius 2 is 1.58 bits per heavy atom. The van der Waals surface area contributed by atoms with Crippen LogP contribution in [0.25, 0.3) is 0 Å². The number of aryl methyl sites for hydroxylation is 2. The van der Waals surface area contributed by atoms with Crippen molar-refractivity contribution in [1.82, 2.24) is 5.32 Å². The molecule has 2 aromatic rings. The molecule has 0 bridgehead atoms. The van der Waals surface area contributed by atoms with Crippen molar-refractivity contribution in [2.75, 3.05) is 7.05 Å². The largest absolute Gasteiger partial charge is 0.309 e. The van der Waals surface area contributed by atoms with Gasteiger partial charge in [0, 0.05) is 5.56 Å². The van der Waals surface area contributed by atoms with Gasteiger partial charge < -0.3 is 5.32 Å². The third-order valence-corrected chi connectivity index (χ3v) is 3.31. The van der Waals surface area contributed by atoms with Gasteiger partial charge in [-0.2, -0.15) is 0 Å². The van der Waals surface area contributed by atoms with E-state index in [0.717, 1.165) is 11.1 Å². The molecule has 1 unspecified atom stereocenters. The fourth-order valence-electron chi connectivity index (χ4n) is 2.18. The zero-order valence-corrected chi connectivity index (χ0v) is 11.3. The lowest BCUT2D eigenvalue weighted by atomic mass is 9.95. The maximum absolute atomic E-state index is 14.2. The van der Waals surface area contributed by atoms with E-state index in [4.69, 9.17) is 0 Å². The quantitative estimate of drug-likeness (QED) is 0.883. The molecular weight excluding hydrogens is 244 g/mol. The van der Waals surface area contributed by atoms with Crippen LogP contribution in [0.1, 0.15) is 28.3 Å². The maximum Gasteiger partial charge on any atom is 0.134 e. The highest BCUT2D eigenvalue weighted by molar-refractivity contribution is 5.37. The molecule has 2 aromatic carbocycles. The predicted octanol–water partition coefficient (Wildman–Crippen LogP) is 3.89. The van der Waals surface area contributed by atoms with Gasteiger partial charge in [-0.3, -0.25) is 0 Å². The Bertz CT molecular complexity index is 576. The fourth-order valence-corrected chi connectivity index (χ4v) is 2.18. The molecule has 0 saturated carbocycles. The van der Waals surface area contributed by atoms with E-state index < -0.39 is 17.7 Å². The summed E-state index contributed by atoms with van der Waals surface area (Å²) in [6.45, 7) is 3.62. The Morgan fingerprint density at radius 1 is 0.947 bits per heavy atom. The van der Waals surface area contributed by atoms with Crippen molar-refractivity contribution in [3.63, 3.8) is 0 Å². The van der Waals surface area contributed by atoms with Crippen molar-refractivity contribution in [2.24, 2.45) is 0 Å². The SMILES string of the molecule is CNC(c1ccc(C)cc1)c1c(F)ccc(C)c1F. The zero-order valence-electron chi connectivity index (χ0n) is 11.3. The smallest absolute Gasteiger partial charge is 0.134 e. The molecule has 0 heterocycles. The minimum Gasteiger partial charge on any atom is -0.309 e. The van der Waals surface area contributed by atoms with E-state index in [1.165, 1.54) is 12.1 Å². The average Bonchev–Trinajstić information content (AvgIpc) is 2.40. The molecule has 3 heteroatoms. The zero-order chi connectivity index (χ0) is 14.0. The molecule has 19 heavy (non-hydrogen) atoms. The van der Waals surface area contributed by atoms with Crippen LogP contribution < -0.4 is 5.32 Å². The van der Waals surface area contributed by atoms with Gasteiger partial charge in [-0.25, -0.2) is 8.78 Å². The minimum atomic E-state index is -0.525. The van der Waals surface area contributed by atoms with E-state index in [-0.39, 0.29) is 5.56 Å². The van der Waals surface area contributed by atoms with Gasteiger partial charge in [-0.05, 0) is 38.1 Å². The van der Waals surface area contributed by atoms with E-state index >= 15 is 0 Å². The minimum absolute atomic E-state index is 0.0753. The Kier molecular flexibility index (Phi) is 3.96.